The summed E-state index contributed by atoms with van der Waals surface area (Å²) in [4.78, 5) is 19.5. The minimum Gasteiger partial charge on any atom is -0.321 e. The molecule has 2 aromatic rings. The molecule has 0 unspecified atom stereocenters. The molecule has 0 aliphatic heterocycles. The third-order valence-electron chi connectivity index (χ3n) is 2.44. The normalized spacial score (nSPS) is 11.2. The van der Waals surface area contributed by atoms with Crippen molar-refractivity contribution in [1.29, 1.82) is 0 Å². The monoisotopic (exact) mass is 345 g/mol. The number of carbonyl (C=O) groups excluding carboxylic acids is 1. The molecule has 1 amide bonds. The zero-order valence-electron chi connectivity index (χ0n) is 10.7. The molecule has 1 N–H and O–H groups in total. The van der Waals surface area contributed by atoms with Crippen LogP contribution in [0, 0.1) is 0 Å². The molecular weight excluding hydrogens is 337 g/mol. The summed E-state index contributed by atoms with van der Waals surface area (Å²) in [6, 6.07) is 4.06. The molecule has 2 aromatic heterocycles. The first-order chi connectivity index (χ1) is 9.77. The van der Waals surface area contributed by atoms with Crippen molar-refractivity contribution in [3.05, 3.63) is 46.3 Å². The molecular formula is C12H9Cl2N3O3S. The van der Waals surface area contributed by atoms with E-state index in [2.05, 4.69) is 15.3 Å². The van der Waals surface area contributed by atoms with Crippen LogP contribution in [0.4, 0.5) is 5.69 Å². The van der Waals surface area contributed by atoms with Gasteiger partial charge >= 0.3 is 0 Å². The van der Waals surface area contributed by atoms with Crippen molar-refractivity contribution in [3.8, 4) is 0 Å². The first kappa shape index (κ1) is 15.7. The van der Waals surface area contributed by atoms with Gasteiger partial charge in [0.05, 0.1) is 22.5 Å². The van der Waals surface area contributed by atoms with E-state index in [0.29, 0.717) is 5.69 Å². The predicted octanol–water partition coefficient (Wildman–Crippen LogP) is 2.44. The van der Waals surface area contributed by atoms with Crippen molar-refractivity contribution in [2.75, 3.05) is 11.6 Å². The summed E-state index contributed by atoms with van der Waals surface area (Å²) >= 11 is 11.6. The molecule has 0 spiro atoms. The van der Waals surface area contributed by atoms with E-state index in [1.54, 1.807) is 0 Å². The van der Waals surface area contributed by atoms with E-state index in [4.69, 9.17) is 23.2 Å². The van der Waals surface area contributed by atoms with Crippen LogP contribution < -0.4 is 5.32 Å². The van der Waals surface area contributed by atoms with Gasteiger partial charge in [-0.15, -0.1) is 0 Å². The number of amides is 1. The number of nitrogens with zero attached hydrogens (tertiary/aromatic N) is 2. The van der Waals surface area contributed by atoms with Crippen LogP contribution in [0.1, 0.15) is 10.4 Å². The Morgan fingerprint density at radius 2 is 1.90 bits per heavy atom. The van der Waals surface area contributed by atoms with Gasteiger partial charge in [0.15, 0.2) is 14.9 Å². The van der Waals surface area contributed by atoms with E-state index in [0.717, 1.165) is 6.26 Å². The van der Waals surface area contributed by atoms with Crippen LogP contribution >= 0.6 is 23.2 Å². The minimum atomic E-state index is -3.38. The Bertz CT molecular complexity index is 792. The molecule has 2 heterocycles. The van der Waals surface area contributed by atoms with E-state index < -0.39 is 15.7 Å². The molecule has 6 nitrogen and oxygen atoms in total. The highest BCUT2D eigenvalue weighted by molar-refractivity contribution is 7.90. The fraction of sp³-hybridized carbons (Fsp3) is 0.0833. The molecule has 21 heavy (non-hydrogen) atoms. The summed E-state index contributed by atoms with van der Waals surface area (Å²) in [7, 11) is -3.38. The number of pyridine rings is 2. The van der Waals surface area contributed by atoms with Crippen molar-refractivity contribution in [1.82, 2.24) is 9.97 Å². The Hall–Kier alpha value is -1.70. The molecule has 0 atom stereocenters. The van der Waals surface area contributed by atoms with E-state index in [1.165, 1.54) is 30.6 Å². The molecule has 2 rings (SSSR count). The maximum absolute atomic E-state index is 12.0. The maximum Gasteiger partial charge on any atom is 0.257 e. The lowest BCUT2D eigenvalue weighted by molar-refractivity contribution is 0.102. The van der Waals surface area contributed by atoms with Gasteiger partial charge in [0.1, 0.15) is 5.15 Å². The third kappa shape index (κ3) is 3.90. The average Bonchev–Trinajstić information content (AvgIpc) is 2.41. The molecule has 110 valence electrons. The van der Waals surface area contributed by atoms with Crippen molar-refractivity contribution in [3.63, 3.8) is 0 Å². The van der Waals surface area contributed by atoms with Crippen molar-refractivity contribution in [2.45, 2.75) is 5.03 Å². The number of nitrogens with one attached hydrogen (secondary N) is 1. The molecule has 0 fully saturated rings. The summed E-state index contributed by atoms with van der Waals surface area (Å²) in [5.74, 6) is -0.502. The Labute approximate surface area is 131 Å². The summed E-state index contributed by atoms with van der Waals surface area (Å²) in [5.41, 5.74) is 0.486. The minimum absolute atomic E-state index is 0.0783. The van der Waals surface area contributed by atoms with Gasteiger partial charge in [-0.3, -0.25) is 4.79 Å². The number of anilines is 1. The Kier molecular flexibility index (Phi) is 4.46. The summed E-state index contributed by atoms with van der Waals surface area (Å²) in [5, 5.41) is 2.74. The van der Waals surface area contributed by atoms with Gasteiger partial charge in [-0.1, -0.05) is 23.2 Å². The lowest BCUT2D eigenvalue weighted by Crippen LogP contribution is -2.13. The molecule has 0 bridgehead atoms. The van der Waals surface area contributed by atoms with Crippen LogP contribution in [0.25, 0.3) is 0 Å². The Morgan fingerprint density at radius 1 is 1.19 bits per heavy atom. The van der Waals surface area contributed by atoms with Gasteiger partial charge in [0.25, 0.3) is 5.91 Å². The topological polar surface area (TPSA) is 89.0 Å². The lowest BCUT2D eigenvalue weighted by Gasteiger charge is -2.07. The number of rotatable bonds is 3. The van der Waals surface area contributed by atoms with E-state index >= 15 is 0 Å². The summed E-state index contributed by atoms with van der Waals surface area (Å²) in [6.45, 7) is 0. The standard InChI is InChI=1S/C12H9Cl2N3O3S/c1-21(19,20)11-3-2-7(5-16-11)17-12(18)8-4-10(14)15-6-9(8)13/h2-6H,1H3,(H,17,18). The largest absolute Gasteiger partial charge is 0.321 e. The molecule has 9 heteroatoms. The van der Waals surface area contributed by atoms with Crippen LogP contribution in [0.5, 0.6) is 0 Å². The number of halogens is 2. The molecule has 0 saturated heterocycles. The van der Waals surface area contributed by atoms with Gasteiger partial charge in [-0.05, 0) is 18.2 Å². The maximum atomic E-state index is 12.0. The highest BCUT2D eigenvalue weighted by atomic mass is 35.5. The molecule has 0 radical (unpaired) electrons. The molecule has 0 aromatic carbocycles. The van der Waals surface area contributed by atoms with Crippen LogP contribution in [0.3, 0.4) is 0 Å². The SMILES string of the molecule is CS(=O)(=O)c1ccc(NC(=O)c2cc(Cl)ncc2Cl)cn1. The number of carbonyl (C=O) groups is 1. The van der Waals surface area contributed by atoms with E-state index in [1.807, 2.05) is 0 Å². The number of hydrogen-bond acceptors (Lipinski definition) is 5. The quantitative estimate of drug-likeness (QED) is 0.863. The van der Waals surface area contributed by atoms with Crippen LogP contribution in [-0.2, 0) is 9.84 Å². The lowest BCUT2D eigenvalue weighted by atomic mass is 10.2. The molecule has 0 saturated carbocycles. The Balaban J connectivity index is 2.22. The fourth-order valence-corrected chi connectivity index (χ4v) is 2.37. The fourth-order valence-electron chi connectivity index (χ4n) is 1.46. The first-order valence-corrected chi connectivity index (χ1v) is 8.20. The van der Waals surface area contributed by atoms with Crippen LogP contribution in [0.15, 0.2) is 35.6 Å². The third-order valence-corrected chi connectivity index (χ3v) is 3.95. The van der Waals surface area contributed by atoms with E-state index in [9.17, 15) is 13.2 Å². The summed E-state index contributed by atoms with van der Waals surface area (Å²) in [6.07, 6.45) is 3.56. The zero-order chi connectivity index (χ0) is 15.6. The van der Waals surface area contributed by atoms with Crippen LogP contribution in [-0.4, -0.2) is 30.5 Å². The second-order valence-electron chi connectivity index (χ2n) is 4.10. The highest BCUT2D eigenvalue weighted by Crippen LogP contribution is 2.20. The van der Waals surface area contributed by atoms with Crippen LogP contribution in [0.2, 0.25) is 10.2 Å². The second kappa shape index (κ2) is 5.97. The predicted molar refractivity (Wildman–Crippen MR) is 79.6 cm³/mol. The Morgan fingerprint density at radius 3 is 2.48 bits per heavy atom. The second-order valence-corrected chi connectivity index (χ2v) is 6.86. The first-order valence-electron chi connectivity index (χ1n) is 5.56. The van der Waals surface area contributed by atoms with Gasteiger partial charge < -0.3 is 5.32 Å². The van der Waals surface area contributed by atoms with Gasteiger partial charge in [0, 0.05) is 12.5 Å². The number of hydrogen-bond donors (Lipinski definition) is 1. The smallest absolute Gasteiger partial charge is 0.257 e. The summed E-state index contributed by atoms with van der Waals surface area (Å²) < 4.78 is 22.6. The van der Waals surface area contributed by atoms with Gasteiger partial charge in [-0.2, -0.15) is 0 Å². The number of sulfone groups is 1. The average molecular weight is 346 g/mol. The van der Waals surface area contributed by atoms with Gasteiger partial charge in [-0.25, -0.2) is 18.4 Å². The van der Waals surface area contributed by atoms with E-state index in [-0.39, 0.29) is 20.8 Å². The number of aromatic nitrogens is 2. The van der Waals surface area contributed by atoms with Gasteiger partial charge in [0.2, 0.25) is 0 Å². The van der Waals surface area contributed by atoms with Crippen molar-refractivity contribution >= 4 is 44.6 Å². The molecule has 0 aliphatic carbocycles. The van der Waals surface area contributed by atoms with Crippen molar-refractivity contribution in [2.24, 2.45) is 0 Å². The zero-order valence-corrected chi connectivity index (χ0v) is 13.0. The highest BCUT2D eigenvalue weighted by Gasteiger charge is 2.13. The van der Waals surface area contributed by atoms with Crippen molar-refractivity contribution < 1.29 is 13.2 Å². The molecule has 0 aliphatic rings.